The van der Waals surface area contributed by atoms with Crippen molar-refractivity contribution in [1.82, 2.24) is 4.90 Å². The molecule has 2 rings (SSSR count). The summed E-state index contributed by atoms with van der Waals surface area (Å²) in [5, 5.41) is 0. The summed E-state index contributed by atoms with van der Waals surface area (Å²) in [6, 6.07) is 14.8. The number of rotatable bonds is 3. The first-order chi connectivity index (χ1) is 9.58. The highest BCUT2D eigenvalue weighted by atomic mass is 19.1. The largest absolute Gasteiger partial charge is 0.359 e. The van der Waals surface area contributed by atoms with Gasteiger partial charge in [-0.1, -0.05) is 30.3 Å². The molecule has 0 unspecified atom stereocenters. The van der Waals surface area contributed by atoms with Gasteiger partial charge in [0.05, 0.1) is 5.69 Å². The van der Waals surface area contributed by atoms with E-state index in [1.807, 2.05) is 30.3 Å². The van der Waals surface area contributed by atoms with Crippen molar-refractivity contribution in [3.63, 3.8) is 0 Å². The molecule has 0 aliphatic carbocycles. The number of likely N-dealkylation sites (N-methyl/N-ethyl adjacent to an activating group) is 1. The molecular formula is C16H15FN2O. The molecule has 0 aliphatic rings. The summed E-state index contributed by atoms with van der Waals surface area (Å²) >= 11 is 0. The number of para-hydroxylation sites is 1. The Labute approximate surface area is 117 Å². The zero-order valence-corrected chi connectivity index (χ0v) is 11.4. The highest BCUT2D eigenvalue weighted by Gasteiger charge is 2.16. The zero-order chi connectivity index (χ0) is 14.5. The summed E-state index contributed by atoms with van der Waals surface area (Å²) in [6.07, 6.45) is 0. The van der Waals surface area contributed by atoms with E-state index in [2.05, 4.69) is 4.99 Å². The molecule has 2 aromatic rings. The maximum Gasteiger partial charge on any atom is 0.228 e. The van der Waals surface area contributed by atoms with Crippen molar-refractivity contribution in [1.29, 1.82) is 0 Å². The number of benzene rings is 2. The van der Waals surface area contributed by atoms with Crippen molar-refractivity contribution < 1.29 is 9.18 Å². The minimum atomic E-state index is -0.436. The summed E-state index contributed by atoms with van der Waals surface area (Å²) in [5.41, 5.74) is 0.967. The number of halogens is 1. The molecule has 2 aromatic carbocycles. The van der Waals surface area contributed by atoms with Crippen molar-refractivity contribution in [3.8, 4) is 0 Å². The summed E-state index contributed by atoms with van der Waals surface area (Å²) in [6.45, 7) is 0. The number of hydrogen-bond acceptors (Lipinski definition) is 2. The Bertz CT molecular complexity index is 636. The van der Waals surface area contributed by atoms with Crippen LogP contribution in [0.25, 0.3) is 0 Å². The average molecular weight is 270 g/mol. The minimum absolute atomic E-state index is 0.266. The van der Waals surface area contributed by atoms with E-state index in [-0.39, 0.29) is 17.2 Å². The number of carbonyl (C=O) groups is 1. The van der Waals surface area contributed by atoms with Gasteiger partial charge in [-0.05, 0) is 24.3 Å². The predicted octanol–water partition coefficient (Wildman–Crippen LogP) is 3.30. The number of nitrogens with zero attached hydrogens (tertiary/aromatic N) is 2. The molecule has 0 N–H and O–H groups in total. The third-order valence-corrected chi connectivity index (χ3v) is 2.70. The first kappa shape index (κ1) is 13.9. The van der Waals surface area contributed by atoms with Crippen LogP contribution in [0.2, 0.25) is 0 Å². The number of carbonyl (C=O) groups excluding carboxylic acids is 1. The molecule has 0 heterocycles. The Hall–Kier alpha value is -2.49. The van der Waals surface area contributed by atoms with Gasteiger partial charge in [-0.2, -0.15) is 0 Å². The quantitative estimate of drug-likeness (QED) is 0.487. The van der Waals surface area contributed by atoms with E-state index in [0.717, 1.165) is 0 Å². The third kappa shape index (κ3) is 3.29. The highest BCUT2D eigenvalue weighted by molar-refractivity contribution is 6.45. The lowest BCUT2D eigenvalue weighted by atomic mass is 10.1. The fourth-order valence-electron chi connectivity index (χ4n) is 1.74. The van der Waals surface area contributed by atoms with Gasteiger partial charge >= 0.3 is 0 Å². The third-order valence-electron chi connectivity index (χ3n) is 2.70. The Morgan fingerprint density at radius 3 is 2.35 bits per heavy atom. The predicted molar refractivity (Wildman–Crippen MR) is 78.0 cm³/mol. The molecule has 0 radical (unpaired) electrons. The number of amidine groups is 1. The van der Waals surface area contributed by atoms with E-state index in [4.69, 9.17) is 0 Å². The first-order valence-corrected chi connectivity index (χ1v) is 6.19. The van der Waals surface area contributed by atoms with Gasteiger partial charge in [0.15, 0.2) is 5.84 Å². The second kappa shape index (κ2) is 6.10. The van der Waals surface area contributed by atoms with Crippen molar-refractivity contribution >= 4 is 17.3 Å². The lowest BCUT2D eigenvalue weighted by Crippen LogP contribution is -2.30. The molecule has 0 bridgehead atoms. The standard InChI is InChI=1S/C16H15FN2O/c1-19(2)16(18-14-9-4-3-5-10-14)15(20)12-7-6-8-13(17)11-12/h3-11H,1-2H3. The SMILES string of the molecule is CN(C)C(=Nc1ccccc1)C(=O)c1cccc(F)c1. The molecular weight excluding hydrogens is 255 g/mol. The van der Waals surface area contributed by atoms with Gasteiger partial charge in [0.1, 0.15) is 5.82 Å². The highest BCUT2D eigenvalue weighted by Crippen LogP contribution is 2.13. The zero-order valence-electron chi connectivity index (χ0n) is 11.4. The van der Waals surface area contributed by atoms with Crippen LogP contribution in [0.1, 0.15) is 10.4 Å². The molecule has 0 saturated heterocycles. The molecule has 0 atom stereocenters. The number of aliphatic imine (C=N–C) groups is 1. The van der Waals surface area contributed by atoms with Gasteiger partial charge in [0, 0.05) is 19.7 Å². The molecule has 0 spiro atoms. The van der Waals surface area contributed by atoms with Gasteiger partial charge in [-0.25, -0.2) is 9.38 Å². The summed E-state index contributed by atoms with van der Waals surface area (Å²) in [7, 11) is 3.47. The molecule has 0 aromatic heterocycles. The van der Waals surface area contributed by atoms with Crippen LogP contribution in [-0.2, 0) is 0 Å². The van der Waals surface area contributed by atoms with Gasteiger partial charge in [-0.3, -0.25) is 4.79 Å². The van der Waals surface area contributed by atoms with Gasteiger partial charge < -0.3 is 4.90 Å². The van der Waals surface area contributed by atoms with Crippen LogP contribution in [0, 0.1) is 5.82 Å². The maximum absolute atomic E-state index is 13.2. The number of Topliss-reactive ketones (excluding diaryl/α,β-unsaturated/α-hetero) is 1. The second-order valence-corrected chi connectivity index (χ2v) is 4.50. The molecule has 0 fully saturated rings. The van der Waals surface area contributed by atoms with E-state index < -0.39 is 5.82 Å². The van der Waals surface area contributed by atoms with Crippen LogP contribution in [0.15, 0.2) is 59.6 Å². The Balaban J connectivity index is 2.39. The molecule has 0 amide bonds. The molecule has 0 aliphatic heterocycles. The minimum Gasteiger partial charge on any atom is -0.359 e. The fraction of sp³-hybridized carbons (Fsp3) is 0.125. The van der Waals surface area contributed by atoms with Crippen LogP contribution in [0.3, 0.4) is 0 Å². The van der Waals surface area contributed by atoms with E-state index in [1.54, 1.807) is 25.1 Å². The average Bonchev–Trinajstić information content (AvgIpc) is 2.45. The Morgan fingerprint density at radius 1 is 1.05 bits per heavy atom. The van der Waals surface area contributed by atoms with Crippen LogP contribution in [0.5, 0.6) is 0 Å². The summed E-state index contributed by atoms with van der Waals surface area (Å²) < 4.78 is 13.2. The van der Waals surface area contributed by atoms with Crippen LogP contribution in [-0.4, -0.2) is 30.6 Å². The van der Waals surface area contributed by atoms with Gasteiger partial charge in [-0.15, -0.1) is 0 Å². The summed E-state index contributed by atoms with van der Waals surface area (Å²) in [4.78, 5) is 18.4. The Kier molecular flexibility index (Phi) is 4.25. The fourth-order valence-corrected chi connectivity index (χ4v) is 1.74. The van der Waals surface area contributed by atoms with E-state index in [9.17, 15) is 9.18 Å². The van der Waals surface area contributed by atoms with Gasteiger partial charge in [0.25, 0.3) is 0 Å². The Morgan fingerprint density at radius 2 is 1.75 bits per heavy atom. The van der Waals surface area contributed by atoms with Crippen molar-refractivity contribution in [2.24, 2.45) is 4.99 Å². The van der Waals surface area contributed by atoms with Crippen LogP contribution >= 0.6 is 0 Å². The van der Waals surface area contributed by atoms with E-state index >= 15 is 0 Å². The lowest BCUT2D eigenvalue weighted by molar-refractivity contribution is 0.105. The number of hydrogen-bond donors (Lipinski definition) is 0. The van der Waals surface area contributed by atoms with Crippen molar-refractivity contribution in [2.75, 3.05) is 14.1 Å². The van der Waals surface area contributed by atoms with E-state index in [0.29, 0.717) is 5.69 Å². The monoisotopic (exact) mass is 270 g/mol. The first-order valence-electron chi connectivity index (χ1n) is 6.19. The van der Waals surface area contributed by atoms with Crippen molar-refractivity contribution in [3.05, 3.63) is 66.0 Å². The lowest BCUT2D eigenvalue weighted by Gasteiger charge is -2.14. The number of ketones is 1. The second-order valence-electron chi connectivity index (χ2n) is 4.50. The van der Waals surface area contributed by atoms with E-state index in [1.165, 1.54) is 18.2 Å². The molecule has 102 valence electrons. The van der Waals surface area contributed by atoms with Crippen LogP contribution in [0.4, 0.5) is 10.1 Å². The smallest absolute Gasteiger partial charge is 0.228 e. The molecule has 3 nitrogen and oxygen atoms in total. The summed E-state index contributed by atoms with van der Waals surface area (Å²) in [5.74, 6) is -0.478. The van der Waals surface area contributed by atoms with Gasteiger partial charge in [0.2, 0.25) is 5.78 Å². The van der Waals surface area contributed by atoms with Crippen molar-refractivity contribution in [2.45, 2.75) is 0 Å². The maximum atomic E-state index is 13.2. The molecule has 0 saturated carbocycles. The van der Waals surface area contributed by atoms with Crippen LogP contribution < -0.4 is 0 Å². The molecule has 20 heavy (non-hydrogen) atoms. The topological polar surface area (TPSA) is 32.7 Å². The normalized spacial score (nSPS) is 11.2. The molecule has 4 heteroatoms.